The third-order valence-corrected chi connectivity index (χ3v) is 6.49. The summed E-state index contributed by atoms with van der Waals surface area (Å²) < 4.78 is 22.0. The summed E-state index contributed by atoms with van der Waals surface area (Å²) in [5, 5.41) is 70.0. The second-order valence-corrected chi connectivity index (χ2v) is 9.20. The first-order chi connectivity index (χ1) is 16.3. The van der Waals surface area contributed by atoms with Crippen molar-refractivity contribution in [1.29, 1.82) is 0 Å². The van der Waals surface area contributed by atoms with Gasteiger partial charge in [-0.05, 0) is 6.42 Å². The van der Waals surface area contributed by atoms with E-state index in [0.717, 1.165) is 19.3 Å². The predicted octanol–water partition coefficient (Wildman–Crippen LogP) is -0.842. The van der Waals surface area contributed by atoms with Gasteiger partial charge in [0.05, 0.1) is 13.2 Å². The van der Waals surface area contributed by atoms with Gasteiger partial charge >= 0.3 is 0 Å². The minimum atomic E-state index is -1.69. The summed E-state index contributed by atoms with van der Waals surface area (Å²) in [5.41, 5.74) is 0. The Bertz CT molecular complexity index is 535. The highest BCUT2D eigenvalue weighted by atomic mass is 16.7. The third kappa shape index (κ3) is 8.31. The van der Waals surface area contributed by atoms with Crippen molar-refractivity contribution in [1.82, 2.24) is 0 Å². The summed E-state index contributed by atoms with van der Waals surface area (Å²) in [5.74, 6) is 0. The zero-order chi connectivity index (χ0) is 25.1. The average molecular weight is 497 g/mol. The van der Waals surface area contributed by atoms with Gasteiger partial charge in [-0.25, -0.2) is 0 Å². The summed E-state index contributed by atoms with van der Waals surface area (Å²) in [7, 11) is 0. The molecule has 0 aromatic heterocycles. The summed E-state index contributed by atoms with van der Waals surface area (Å²) >= 11 is 0. The number of hydrogen-bond donors (Lipinski definition) is 7. The molecule has 0 saturated carbocycles. The number of hydrogen-bond acceptors (Lipinski definition) is 11. The molecule has 10 atom stereocenters. The Morgan fingerprint density at radius 2 is 1.12 bits per heavy atom. The average Bonchev–Trinajstić information content (AvgIpc) is 2.84. The quantitative estimate of drug-likeness (QED) is 0.141. The molecular weight excluding hydrogens is 452 g/mol. The number of unbranched alkanes of at least 4 members (excludes halogenated alkanes) is 8. The Hall–Kier alpha value is -0.440. The molecule has 2 heterocycles. The predicted molar refractivity (Wildman–Crippen MR) is 120 cm³/mol. The molecule has 2 saturated heterocycles. The lowest BCUT2D eigenvalue weighted by atomic mass is 9.97. The van der Waals surface area contributed by atoms with Crippen LogP contribution in [0.5, 0.6) is 0 Å². The van der Waals surface area contributed by atoms with Crippen LogP contribution >= 0.6 is 0 Å². The molecule has 34 heavy (non-hydrogen) atoms. The lowest BCUT2D eigenvalue weighted by Gasteiger charge is -2.45. The highest BCUT2D eigenvalue weighted by Crippen LogP contribution is 2.29. The van der Waals surface area contributed by atoms with E-state index < -0.39 is 74.6 Å². The van der Waals surface area contributed by atoms with Crippen molar-refractivity contribution in [3.05, 3.63) is 0 Å². The van der Waals surface area contributed by atoms with Gasteiger partial charge in [0.25, 0.3) is 0 Å². The Labute approximate surface area is 201 Å². The summed E-state index contributed by atoms with van der Waals surface area (Å²) in [6, 6.07) is 0. The van der Waals surface area contributed by atoms with E-state index in [0.29, 0.717) is 6.61 Å². The highest BCUT2D eigenvalue weighted by molar-refractivity contribution is 4.94. The van der Waals surface area contributed by atoms with Crippen LogP contribution in [0.15, 0.2) is 0 Å². The molecule has 0 aromatic rings. The highest BCUT2D eigenvalue weighted by Gasteiger charge is 2.50. The first-order valence-electron chi connectivity index (χ1n) is 12.6. The zero-order valence-corrected chi connectivity index (χ0v) is 20.0. The van der Waals surface area contributed by atoms with E-state index in [2.05, 4.69) is 6.92 Å². The minimum Gasteiger partial charge on any atom is -0.394 e. The minimum absolute atomic E-state index is 0.320. The van der Waals surface area contributed by atoms with Gasteiger partial charge in [-0.2, -0.15) is 0 Å². The normalized spacial score (nSPS) is 38.8. The molecule has 0 aliphatic carbocycles. The molecule has 2 fully saturated rings. The van der Waals surface area contributed by atoms with Crippen LogP contribution in [-0.2, 0) is 18.9 Å². The van der Waals surface area contributed by atoms with Gasteiger partial charge < -0.3 is 54.7 Å². The summed E-state index contributed by atoms with van der Waals surface area (Å²) in [6.45, 7) is 1.29. The maximum atomic E-state index is 10.6. The van der Waals surface area contributed by atoms with Crippen molar-refractivity contribution in [3.8, 4) is 0 Å². The van der Waals surface area contributed by atoms with Gasteiger partial charge in [-0.1, -0.05) is 58.3 Å². The smallest absolute Gasteiger partial charge is 0.187 e. The molecule has 7 N–H and O–H groups in total. The number of ether oxygens (including phenoxy) is 4. The van der Waals surface area contributed by atoms with Crippen LogP contribution in [0.4, 0.5) is 0 Å². The first-order valence-corrected chi connectivity index (χ1v) is 12.6. The maximum Gasteiger partial charge on any atom is 0.187 e. The second kappa shape index (κ2) is 15.6. The lowest BCUT2D eigenvalue weighted by molar-refractivity contribution is -0.359. The Morgan fingerprint density at radius 3 is 1.71 bits per heavy atom. The van der Waals surface area contributed by atoms with E-state index in [1.165, 1.54) is 38.5 Å². The summed E-state index contributed by atoms with van der Waals surface area (Å²) in [4.78, 5) is 0. The van der Waals surface area contributed by atoms with E-state index in [4.69, 9.17) is 18.9 Å². The van der Waals surface area contributed by atoms with Gasteiger partial charge in [-0.15, -0.1) is 0 Å². The fourth-order valence-corrected chi connectivity index (χ4v) is 4.31. The molecule has 9 unspecified atom stereocenters. The van der Waals surface area contributed by atoms with Gasteiger partial charge in [0.15, 0.2) is 12.6 Å². The van der Waals surface area contributed by atoms with E-state index in [1.807, 2.05) is 0 Å². The van der Waals surface area contributed by atoms with E-state index in [9.17, 15) is 35.7 Å². The van der Waals surface area contributed by atoms with E-state index >= 15 is 0 Å². The largest absolute Gasteiger partial charge is 0.394 e. The third-order valence-electron chi connectivity index (χ3n) is 6.49. The first kappa shape index (κ1) is 29.8. The van der Waals surface area contributed by atoms with Crippen molar-refractivity contribution in [3.63, 3.8) is 0 Å². The van der Waals surface area contributed by atoms with Crippen LogP contribution < -0.4 is 0 Å². The standard InChI is InChI=1S/C23H44O11/c1-2-3-4-5-6-7-8-9-10-11-31-22-20(30)18(28)21(15(13-25)33-22)34-23-19(29)17(27)16(26)14(12-24)32-23/h14-30H,2-13H2,1H3/t14?,15?,16?,17?,18?,19?,20?,21?,22?,23-/m1/s1. The molecule has 0 spiro atoms. The van der Waals surface area contributed by atoms with Crippen molar-refractivity contribution in [2.45, 2.75) is 126 Å². The Morgan fingerprint density at radius 1 is 0.588 bits per heavy atom. The maximum absolute atomic E-state index is 10.6. The molecule has 0 bridgehead atoms. The fourth-order valence-electron chi connectivity index (χ4n) is 4.31. The molecule has 0 amide bonds. The summed E-state index contributed by atoms with van der Waals surface area (Å²) in [6.07, 6.45) is -3.99. The monoisotopic (exact) mass is 496 g/mol. The van der Waals surface area contributed by atoms with E-state index in [-0.39, 0.29) is 0 Å². The molecular formula is C23H44O11. The van der Waals surface area contributed by atoms with Crippen LogP contribution in [0.3, 0.4) is 0 Å². The van der Waals surface area contributed by atoms with Crippen molar-refractivity contribution >= 4 is 0 Å². The van der Waals surface area contributed by atoms with Crippen LogP contribution in [-0.4, -0.2) is 117 Å². The van der Waals surface area contributed by atoms with Crippen LogP contribution in [0.2, 0.25) is 0 Å². The molecule has 0 aromatic carbocycles. The van der Waals surface area contributed by atoms with Gasteiger partial charge in [0.2, 0.25) is 0 Å². The number of aliphatic hydroxyl groups excluding tert-OH is 7. The molecule has 11 heteroatoms. The van der Waals surface area contributed by atoms with Crippen LogP contribution in [0, 0.1) is 0 Å². The van der Waals surface area contributed by atoms with Crippen molar-refractivity contribution < 1.29 is 54.7 Å². The number of rotatable bonds is 15. The molecule has 202 valence electrons. The number of aliphatic hydroxyl groups is 7. The van der Waals surface area contributed by atoms with Crippen LogP contribution in [0.1, 0.15) is 64.7 Å². The van der Waals surface area contributed by atoms with Crippen LogP contribution in [0.25, 0.3) is 0 Å². The van der Waals surface area contributed by atoms with Gasteiger partial charge in [0, 0.05) is 6.61 Å². The van der Waals surface area contributed by atoms with Crippen molar-refractivity contribution in [2.24, 2.45) is 0 Å². The lowest BCUT2D eigenvalue weighted by Crippen LogP contribution is -2.64. The SMILES string of the molecule is CCCCCCCCCCCOC1OC(CO)C(O[C@H]2OC(CO)C(O)C(O)C2O)C(O)C1O. The molecule has 0 radical (unpaired) electrons. The van der Waals surface area contributed by atoms with Gasteiger partial charge in [0.1, 0.15) is 48.8 Å². The molecule has 2 aliphatic rings. The Kier molecular flexibility index (Phi) is 13.7. The molecule has 2 rings (SSSR count). The van der Waals surface area contributed by atoms with Crippen molar-refractivity contribution in [2.75, 3.05) is 19.8 Å². The fraction of sp³-hybridized carbons (Fsp3) is 1.00. The second-order valence-electron chi connectivity index (χ2n) is 9.20. The Balaban J connectivity index is 1.78. The zero-order valence-electron chi connectivity index (χ0n) is 20.0. The van der Waals surface area contributed by atoms with Gasteiger partial charge in [-0.3, -0.25) is 0 Å². The van der Waals surface area contributed by atoms with E-state index in [1.54, 1.807) is 0 Å². The molecule has 11 nitrogen and oxygen atoms in total. The topological polar surface area (TPSA) is 179 Å². The molecule has 2 aliphatic heterocycles.